The molecule has 0 amide bonds. The monoisotopic (exact) mass is 246 g/mol. The summed E-state index contributed by atoms with van der Waals surface area (Å²) < 4.78 is 7.91. The molecule has 18 heavy (non-hydrogen) atoms. The average Bonchev–Trinajstić information content (AvgIpc) is 2.60. The number of aromatic nitrogens is 1. The van der Waals surface area contributed by atoms with E-state index in [0.29, 0.717) is 19.2 Å². The Morgan fingerprint density at radius 3 is 2.61 bits per heavy atom. The third-order valence-electron chi connectivity index (χ3n) is 3.38. The first-order valence-corrected chi connectivity index (χ1v) is 6.56. The highest BCUT2D eigenvalue weighted by molar-refractivity contribution is 5.87. The molecule has 3 heteroatoms. The Labute approximate surface area is 109 Å². The topological polar surface area (TPSA) is 40.2 Å². The Morgan fingerprint density at radius 2 is 2.06 bits per heavy atom. The third kappa shape index (κ3) is 1.99. The summed E-state index contributed by atoms with van der Waals surface area (Å²) in [6.45, 7) is 9.79. The highest BCUT2D eigenvalue weighted by Gasteiger charge is 2.15. The number of hydrogen-bond acceptors (Lipinski definition) is 2. The first-order chi connectivity index (χ1) is 8.60. The maximum Gasteiger partial charge on any atom is 0.120 e. The van der Waals surface area contributed by atoms with Crippen LogP contribution in [0.1, 0.15) is 38.1 Å². The van der Waals surface area contributed by atoms with Crippen molar-refractivity contribution < 1.29 is 4.74 Å². The van der Waals surface area contributed by atoms with Crippen LogP contribution < -0.4 is 10.5 Å². The van der Waals surface area contributed by atoms with Gasteiger partial charge in [-0.25, -0.2) is 0 Å². The second-order valence-corrected chi connectivity index (χ2v) is 4.84. The van der Waals surface area contributed by atoms with E-state index in [1.807, 2.05) is 13.0 Å². The van der Waals surface area contributed by atoms with Crippen LogP contribution in [0.5, 0.6) is 5.75 Å². The lowest BCUT2D eigenvalue weighted by molar-refractivity contribution is 0.340. The van der Waals surface area contributed by atoms with Crippen molar-refractivity contribution in [1.82, 2.24) is 4.57 Å². The summed E-state index contributed by atoms with van der Waals surface area (Å²) in [6, 6.07) is 6.70. The zero-order chi connectivity index (χ0) is 13.3. The molecule has 0 radical (unpaired) electrons. The summed E-state index contributed by atoms with van der Waals surface area (Å²) in [4.78, 5) is 0. The van der Waals surface area contributed by atoms with Gasteiger partial charge in [-0.05, 0) is 51.5 Å². The van der Waals surface area contributed by atoms with Crippen LogP contribution in [0.3, 0.4) is 0 Å². The van der Waals surface area contributed by atoms with E-state index in [0.717, 1.165) is 5.75 Å². The predicted molar refractivity (Wildman–Crippen MR) is 76.1 cm³/mol. The van der Waals surface area contributed by atoms with Crippen LogP contribution in [-0.2, 0) is 6.54 Å². The smallest absolute Gasteiger partial charge is 0.120 e. The number of fused-ring (bicyclic) bond motifs is 1. The van der Waals surface area contributed by atoms with E-state index in [1.165, 1.54) is 22.2 Å². The standard InChI is InChI=1S/C15H22N2O/c1-5-18-12-6-7-15-13(8-12)14(9-16)11(4)17(15)10(2)3/h6-8,10H,5,9,16H2,1-4H3. The molecule has 0 aliphatic rings. The van der Waals surface area contributed by atoms with E-state index in [1.54, 1.807) is 0 Å². The number of ether oxygens (including phenoxy) is 1. The van der Waals surface area contributed by atoms with Gasteiger partial charge in [-0.1, -0.05) is 0 Å². The SMILES string of the molecule is CCOc1ccc2c(c1)c(CN)c(C)n2C(C)C. The third-order valence-corrected chi connectivity index (χ3v) is 3.38. The fourth-order valence-corrected chi connectivity index (χ4v) is 2.67. The Balaban J connectivity index is 2.70. The minimum Gasteiger partial charge on any atom is -0.494 e. The molecule has 0 atom stereocenters. The van der Waals surface area contributed by atoms with Crippen molar-refractivity contribution in [1.29, 1.82) is 0 Å². The van der Waals surface area contributed by atoms with Gasteiger partial charge in [0.15, 0.2) is 0 Å². The first-order valence-electron chi connectivity index (χ1n) is 6.56. The fourth-order valence-electron chi connectivity index (χ4n) is 2.67. The number of rotatable bonds is 4. The van der Waals surface area contributed by atoms with Gasteiger partial charge in [-0.15, -0.1) is 0 Å². The van der Waals surface area contributed by atoms with E-state index < -0.39 is 0 Å². The molecule has 0 unspecified atom stereocenters. The second-order valence-electron chi connectivity index (χ2n) is 4.84. The Kier molecular flexibility index (Phi) is 3.62. The van der Waals surface area contributed by atoms with Crippen LogP contribution in [0.4, 0.5) is 0 Å². The van der Waals surface area contributed by atoms with E-state index in [4.69, 9.17) is 10.5 Å². The van der Waals surface area contributed by atoms with Gasteiger partial charge in [0, 0.05) is 29.2 Å². The average molecular weight is 246 g/mol. The van der Waals surface area contributed by atoms with E-state index in [9.17, 15) is 0 Å². The molecular formula is C15H22N2O. The van der Waals surface area contributed by atoms with Gasteiger partial charge in [0.05, 0.1) is 6.61 Å². The lowest BCUT2D eigenvalue weighted by Gasteiger charge is -2.12. The summed E-state index contributed by atoms with van der Waals surface area (Å²) in [5, 5.41) is 1.22. The Bertz CT molecular complexity index is 555. The van der Waals surface area contributed by atoms with Gasteiger partial charge in [-0.2, -0.15) is 0 Å². The number of hydrogen-bond donors (Lipinski definition) is 1. The molecule has 2 rings (SSSR count). The van der Waals surface area contributed by atoms with Gasteiger partial charge in [0.25, 0.3) is 0 Å². The molecule has 3 nitrogen and oxygen atoms in total. The van der Waals surface area contributed by atoms with Gasteiger partial charge in [-0.3, -0.25) is 0 Å². The molecule has 2 aromatic rings. The molecule has 0 bridgehead atoms. The molecule has 0 saturated heterocycles. The summed E-state index contributed by atoms with van der Waals surface area (Å²) in [6.07, 6.45) is 0. The van der Waals surface area contributed by atoms with Crippen molar-refractivity contribution in [2.45, 2.75) is 40.3 Å². The van der Waals surface area contributed by atoms with E-state index >= 15 is 0 Å². The quantitative estimate of drug-likeness (QED) is 0.898. The van der Waals surface area contributed by atoms with Crippen LogP contribution in [0.2, 0.25) is 0 Å². The van der Waals surface area contributed by atoms with Crippen LogP contribution in [0, 0.1) is 6.92 Å². The summed E-state index contributed by atoms with van der Waals surface area (Å²) in [5.74, 6) is 0.917. The van der Waals surface area contributed by atoms with Gasteiger partial charge >= 0.3 is 0 Å². The molecular weight excluding hydrogens is 224 g/mol. The Morgan fingerprint density at radius 1 is 1.33 bits per heavy atom. The van der Waals surface area contributed by atoms with Crippen molar-refractivity contribution in [3.8, 4) is 5.75 Å². The van der Waals surface area contributed by atoms with Gasteiger partial charge in [0.1, 0.15) is 5.75 Å². The molecule has 2 N–H and O–H groups in total. The lowest BCUT2D eigenvalue weighted by Crippen LogP contribution is -2.04. The molecule has 1 aromatic heterocycles. The van der Waals surface area contributed by atoms with Crippen LogP contribution in [-0.4, -0.2) is 11.2 Å². The predicted octanol–water partition coefficient (Wildman–Crippen LogP) is 3.39. The number of benzene rings is 1. The molecule has 1 heterocycles. The molecule has 0 aliphatic heterocycles. The highest BCUT2D eigenvalue weighted by Crippen LogP contribution is 2.31. The summed E-state index contributed by atoms with van der Waals surface area (Å²) in [7, 11) is 0. The van der Waals surface area contributed by atoms with Crippen molar-refractivity contribution >= 4 is 10.9 Å². The molecule has 98 valence electrons. The van der Waals surface area contributed by atoms with E-state index in [2.05, 4.69) is 37.5 Å². The van der Waals surface area contributed by atoms with Gasteiger partial charge in [0.2, 0.25) is 0 Å². The van der Waals surface area contributed by atoms with E-state index in [-0.39, 0.29) is 0 Å². The fraction of sp³-hybridized carbons (Fsp3) is 0.467. The number of nitrogens with zero attached hydrogens (tertiary/aromatic N) is 1. The van der Waals surface area contributed by atoms with Crippen molar-refractivity contribution in [2.24, 2.45) is 5.73 Å². The zero-order valence-electron chi connectivity index (χ0n) is 11.7. The van der Waals surface area contributed by atoms with Crippen molar-refractivity contribution in [3.63, 3.8) is 0 Å². The summed E-state index contributed by atoms with van der Waals surface area (Å²) >= 11 is 0. The molecule has 0 fully saturated rings. The first kappa shape index (κ1) is 13.0. The van der Waals surface area contributed by atoms with Crippen LogP contribution in [0.15, 0.2) is 18.2 Å². The zero-order valence-corrected chi connectivity index (χ0v) is 11.7. The summed E-state index contributed by atoms with van der Waals surface area (Å²) in [5.41, 5.74) is 9.62. The van der Waals surface area contributed by atoms with Crippen molar-refractivity contribution in [3.05, 3.63) is 29.5 Å². The Hall–Kier alpha value is -1.48. The molecule has 0 saturated carbocycles. The van der Waals surface area contributed by atoms with Crippen molar-refractivity contribution in [2.75, 3.05) is 6.61 Å². The minimum atomic E-state index is 0.436. The van der Waals surface area contributed by atoms with Crippen LogP contribution in [0.25, 0.3) is 10.9 Å². The van der Waals surface area contributed by atoms with Crippen LogP contribution >= 0.6 is 0 Å². The maximum atomic E-state index is 5.90. The highest BCUT2D eigenvalue weighted by atomic mass is 16.5. The number of nitrogens with two attached hydrogens (primary N) is 1. The molecule has 1 aromatic carbocycles. The second kappa shape index (κ2) is 5.02. The molecule has 0 aliphatic carbocycles. The normalized spacial score (nSPS) is 11.4. The lowest BCUT2D eigenvalue weighted by atomic mass is 10.1. The maximum absolute atomic E-state index is 5.90. The van der Waals surface area contributed by atoms with Gasteiger partial charge < -0.3 is 15.0 Å². The largest absolute Gasteiger partial charge is 0.494 e. The molecule has 0 spiro atoms. The minimum absolute atomic E-state index is 0.436.